The van der Waals surface area contributed by atoms with Gasteiger partial charge in [-0.15, -0.1) is 0 Å². The lowest BCUT2D eigenvalue weighted by Gasteiger charge is -2.10. The van der Waals surface area contributed by atoms with Crippen LogP contribution in [-0.4, -0.2) is 21.7 Å². The molecule has 1 N–H and O–H groups in total. The molecule has 136 valence electrons. The van der Waals surface area contributed by atoms with E-state index in [2.05, 4.69) is 10.4 Å². The van der Waals surface area contributed by atoms with E-state index in [0.717, 1.165) is 30.4 Å². The molecule has 3 rings (SSSR count). The highest BCUT2D eigenvalue weighted by Gasteiger charge is 2.23. The summed E-state index contributed by atoms with van der Waals surface area (Å²) < 4.78 is 57.4. The molecule has 5 nitrogen and oxygen atoms in total. The molecule has 2 aromatic heterocycles. The van der Waals surface area contributed by atoms with Gasteiger partial charge in [0.05, 0.1) is 6.54 Å². The van der Waals surface area contributed by atoms with Gasteiger partial charge in [-0.05, 0) is 31.0 Å². The number of amides is 1. The van der Waals surface area contributed by atoms with Crippen molar-refractivity contribution in [3.05, 3.63) is 41.1 Å². The highest BCUT2D eigenvalue weighted by molar-refractivity contribution is 5.91. The molecular formula is C16H17F4N3O2. The Balaban J connectivity index is 1.71. The number of nitrogens with zero attached hydrogens (tertiary/aromatic N) is 2. The molecule has 1 aliphatic rings. The molecule has 1 saturated carbocycles. The van der Waals surface area contributed by atoms with Gasteiger partial charge in [0.25, 0.3) is 18.8 Å². The number of carbonyl (C=O) groups excluding carboxylic acids is 1. The first-order valence-electron chi connectivity index (χ1n) is 7.97. The van der Waals surface area contributed by atoms with Crippen LogP contribution in [0.2, 0.25) is 0 Å². The molecule has 1 amide bonds. The molecule has 1 fully saturated rings. The number of carbonyl (C=O) groups is 1. The van der Waals surface area contributed by atoms with Crippen molar-refractivity contribution in [2.24, 2.45) is 0 Å². The SMILES string of the molecule is O=C(NC1CCCC1)c1ccc(Cn2nc(C(F)F)cc2C(F)F)o1. The Labute approximate surface area is 141 Å². The summed E-state index contributed by atoms with van der Waals surface area (Å²) in [7, 11) is 0. The molecule has 25 heavy (non-hydrogen) atoms. The number of furan rings is 1. The van der Waals surface area contributed by atoms with Crippen LogP contribution in [0, 0.1) is 0 Å². The fourth-order valence-electron chi connectivity index (χ4n) is 2.92. The molecule has 0 aromatic carbocycles. The summed E-state index contributed by atoms with van der Waals surface area (Å²) in [6, 6.07) is 3.67. The number of hydrogen-bond donors (Lipinski definition) is 1. The van der Waals surface area contributed by atoms with E-state index in [9.17, 15) is 22.4 Å². The second-order valence-electron chi connectivity index (χ2n) is 5.97. The minimum Gasteiger partial charge on any atom is -0.454 e. The van der Waals surface area contributed by atoms with E-state index in [1.54, 1.807) is 0 Å². The maximum absolute atomic E-state index is 13.0. The van der Waals surface area contributed by atoms with Gasteiger partial charge in [-0.1, -0.05) is 12.8 Å². The number of nitrogens with one attached hydrogen (secondary N) is 1. The van der Waals surface area contributed by atoms with Crippen molar-refractivity contribution in [1.29, 1.82) is 0 Å². The lowest BCUT2D eigenvalue weighted by atomic mass is 10.2. The fraction of sp³-hybridized carbons (Fsp3) is 0.500. The third kappa shape index (κ3) is 4.02. The van der Waals surface area contributed by atoms with Crippen LogP contribution in [0.4, 0.5) is 17.6 Å². The maximum Gasteiger partial charge on any atom is 0.287 e. The molecule has 0 aliphatic heterocycles. The van der Waals surface area contributed by atoms with Gasteiger partial charge in [0.2, 0.25) is 0 Å². The molecular weight excluding hydrogens is 342 g/mol. The van der Waals surface area contributed by atoms with E-state index in [0.29, 0.717) is 6.07 Å². The molecule has 0 bridgehead atoms. The Kier molecular flexibility index (Phi) is 5.10. The number of alkyl halides is 4. The summed E-state index contributed by atoms with van der Waals surface area (Å²) in [6.07, 6.45) is -1.92. The minimum absolute atomic E-state index is 0.0572. The Morgan fingerprint density at radius 1 is 1.24 bits per heavy atom. The van der Waals surface area contributed by atoms with Gasteiger partial charge in [0, 0.05) is 6.04 Å². The number of rotatable bonds is 6. The molecule has 1 aliphatic carbocycles. The van der Waals surface area contributed by atoms with Gasteiger partial charge >= 0.3 is 0 Å². The number of halogens is 4. The summed E-state index contributed by atoms with van der Waals surface area (Å²) in [5.41, 5.74) is -1.34. The second kappa shape index (κ2) is 7.28. The van der Waals surface area contributed by atoms with Gasteiger partial charge in [-0.2, -0.15) is 5.10 Å². The molecule has 0 atom stereocenters. The largest absolute Gasteiger partial charge is 0.454 e. The monoisotopic (exact) mass is 359 g/mol. The van der Waals surface area contributed by atoms with Crippen LogP contribution >= 0.6 is 0 Å². The topological polar surface area (TPSA) is 60.1 Å². The van der Waals surface area contributed by atoms with Crippen LogP contribution in [0.1, 0.15) is 66.2 Å². The zero-order chi connectivity index (χ0) is 18.0. The summed E-state index contributed by atoms with van der Waals surface area (Å²) in [4.78, 5) is 12.1. The van der Waals surface area contributed by atoms with Crippen molar-refractivity contribution in [3.63, 3.8) is 0 Å². The Hall–Kier alpha value is -2.32. The first kappa shape index (κ1) is 17.5. The van der Waals surface area contributed by atoms with E-state index in [4.69, 9.17) is 4.42 Å². The van der Waals surface area contributed by atoms with Gasteiger partial charge in [0.1, 0.15) is 17.1 Å². The number of aromatic nitrogens is 2. The Morgan fingerprint density at radius 2 is 1.96 bits per heavy atom. The van der Waals surface area contributed by atoms with Crippen molar-refractivity contribution in [3.8, 4) is 0 Å². The van der Waals surface area contributed by atoms with E-state index < -0.39 is 24.2 Å². The van der Waals surface area contributed by atoms with E-state index >= 15 is 0 Å². The van der Waals surface area contributed by atoms with Crippen molar-refractivity contribution in [1.82, 2.24) is 15.1 Å². The van der Waals surface area contributed by atoms with Gasteiger partial charge < -0.3 is 9.73 Å². The smallest absolute Gasteiger partial charge is 0.287 e. The minimum atomic E-state index is -2.94. The second-order valence-corrected chi connectivity index (χ2v) is 5.97. The van der Waals surface area contributed by atoms with E-state index in [1.165, 1.54) is 12.1 Å². The van der Waals surface area contributed by atoms with Gasteiger partial charge in [-0.25, -0.2) is 17.6 Å². The summed E-state index contributed by atoms with van der Waals surface area (Å²) in [5.74, 6) is -0.134. The van der Waals surface area contributed by atoms with Gasteiger partial charge in [-0.3, -0.25) is 9.48 Å². The van der Waals surface area contributed by atoms with Crippen molar-refractivity contribution in [2.45, 2.75) is 51.1 Å². The van der Waals surface area contributed by atoms with Gasteiger partial charge in [0.15, 0.2) is 5.76 Å². The molecule has 2 aromatic rings. The third-order valence-electron chi connectivity index (χ3n) is 4.16. The molecule has 9 heteroatoms. The first-order chi connectivity index (χ1) is 11.9. The summed E-state index contributed by atoms with van der Waals surface area (Å²) in [5, 5.41) is 6.34. The van der Waals surface area contributed by atoms with Crippen LogP contribution in [0.5, 0.6) is 0 Å². The van der Waals surface area contributed by atoms with Crippen LogP contribution < -0.4 is 5.32 Å². The molecule has 0 radical (unpaired) electrons. The Morgan fingerprint density at radius 3 is 2.60 bits per heavy atom. The zero-order valence-corrected chi connectivity index (χ0v) is 13.2. The maximum atomic E-state index is 13.0. The Bertz CT molecular complexity index is 736. The summed E-state index contributed by atoms with van der Waals surface area (Å²) in [6.45, 7) is -0.261. The van der Waals surface area contributed by atoms with Crippen LogP contribution in [0.25, 0.3) is 0 Å². The average Bonchev–Trinajstić information content (AvgIpc) is 3.27. The molecule has 0 spiro atoms. The number of hydrogen-bond acceptors (Lipinski definition) is 3. The fourth-order valence-corrected chi connectivity index (χ4v) is 2.92. The third-order valence-corrected chi connectivity index (χ3v) is 4.16. The molecule has 0 saturated heterocycles. The van der Waals surface area contributed by atoms with Crippen molar-refractivity contribution in [2.75, 3.05) is 0 Å². The van der Waals surface area contributed by atoms with Crippen LogP contribution in [0.3, 0.4) is 0 Å². The van der Waals surface area contributed by atoms with E-state index in [-0.39, 0.29) is 30.0 Å². The molecule has 2 heterocycles. The lowest BCUT2D eigenvalue weighted by Crippen LogP contribution is -2.32. The molecule has 0 unspecified atom stereocenters. The standard InChI is InChI=1S/C16H17F4N3O2/c17-14(18)11-7-12(15(19)20)23(22-11)8-10-5-6-13(25-10)16(24)21-9-3-1-2-4-9/h5-7,9,14-15H,1-4,8H2,(H,21,24). The van der Waals surface area contributed by atoms with E-state index in [1.807, 2.05) is 0 Å². The quantitative estimate of drug-likeness (QED) is 0.791. The first-order valence-corrected chi connectivity index (χ1v) is 7.97. The highest BCUT2D eigenvalue weighted by atomic mass is 19.3. The van der Waals surface area contributed by atoms with Crippen LogP contribution in [-0.2, 0) is 6.54 Å². The van der Waals surface area contributed by atoms with Crippen LogP contribution in [0.15, 0.2) is 22.6 Å². The average molecular weight is 359 g/mol. The zero-order valence-electron chi connectivity index (χ0n) is 13.2. The summed E-state index contributed by atoms with van der Waals surface area (Å²) >= 11 is 0. The normalized spacial score (nSPS) is 15.4. The van der Waals surface area contributed by atoms with Crippen molar-refractivity contribution >= 4 is 5.91 Å². The predicted octanol–water partition coefficient (Wildman–Crippen LogP) is 4.07. The lowest BCUT2D eigenvalue weighted by molar-refractivity contribution is 0.0907. The predicted molar refractivity (Wildman–Crippen MR) is 79.7 cm³/mol. The van der Waals surface area contributed by atoms with Crippen molar-refractivity contribution < 1.29 is 26.8 Å². The highest BCUT2D eigenvalue weighted by Crippen LogP contribution is 2.26.